The van der Waals surface area contributed by atoms with Crippen LogP contribution in [0.25, 0.3) is 21.8 Å². The molecule has 0 spiro atoms. The second-order valence-electron chi connectivity index (χ2n) is 7.77. The van der Waals surface area contributed by atoms with Crippen LogP contribution in [0.1, 0.15) is 12.8 Å². The number of carbonyl (C=O) groups is 1. The lowest BCUT2D eigenvalue weighted by Gasteiger charge is -2.31. The van der Waals surface area contributed by atoms with Gasteiger partial charge >= 0.3 is 6.09 Å². The quantitative estimate of drug-likeness (QED) is 0.482. The number of nitrogens with one attached hydrogen (secondary N) is 1. The van der Waals surface area contributed by atoms with E-state index in [0.717, 1.165) is 6.26 Å². The van der Waals surface area contributed by atoms with Gasteiger partial charge in [0.15, 0.2) is 0 Å². The zero-order valence-electron chi connectivity index (χ0n) is 18.4. The lowest BCUT2D eigenvalue weighted by molar-refractivity contribution is 0.132. The number of piperidine rings is 1. The molecule has 1 atom stereocenters. The van der Waals surface area contributed by atoms with E-state index in [1.807, 2.05) is 0 Å². The van der Waals surface area contributed by atoms with E-state index >= 15 is 0 Å². The smallest absolute Gasteiger partial charge is 0.407 e. The first kappa shape index (κ1) is 23.8. The van der Waals surface area contributed by atoms with Crippen molar-refractivity contribution in [2.24, 2.45) is 0 Å². The van der Waals surface area contributed by atoms with E-state index in [1.165, 1.54) is 35.5 Å². The second-order valence-corrected chi connectivity index (χ2v) is 10.5. The molecule has 4 rings (SSSR count). The van der Waals surface area contributed by atoms with Crippen molar-refractivity contribution >= 4 is 33.1 Å². The van der Waals surface area contributed by atoms with E-state index < -0.39 is 21.1 Å². The third kappa shape index (κ3) is 5.09. The molecule has 0 saturated carbocycles. The fraction of sp³-hybridized carbons (Fsp3) is 0.333. The first-order chi connectivity index (χ1) is 16.2. The van der Waals surface area contributed by atoms with Crippen LogP contribution in [0.2, 0.25) is 0 Å². The van der Waals surface area contributed by atoms with Gasteiger partial charge in [-0.25, -0.2) is 27.6 Å². The molecule has 3 heterocycles. The van der Waals surface area contributed by atoms with Gasteiger partial charge in [-0.15, -0.1) is 11.3 Å². The Morgan fingerprint density at radius 3 is 2.65 bits per heavy atom. The van der Waals surface area contributed by atoms with Crippen LogP contribution in [0.5, 0.6) is 5.88 Å². The molecule has 0 radical (unpaired) electrons. The minimum Gasteiger partial charge on any atom is -0.480 e. The number of sulfone groups is 1. The third-order valence-corrected chi connectivity index (χ3v) is 6.98. The summed E-state index contributed by atoms with van der Waals surface area (Å²) in [6.07, 6.45) is 1.29. The molecule has 10 nitrogen and oxygen atoms in total. The Hall–Kier alpha value is -3.32. The highest BCUT2D eigenvalue weighted by atomic mass is 32.2. The summed E-state index contributed by atoms with van der Waals surface area (Å²) in [6, 6.07) is 5.59. The molecule has 1 aliphatic rings. The number of rotatable bonds is 6. The Kier molecular flexibility index (Phi) is 6.66. The highest BCUT2D eigenvalue weighted by Crippen LogP contribution is 2.39. The number of methoxy groups -OCH3 is 1. The zero-order valence-corrected chi connectivity index (χ0v) is 20.0. The van der Waals surface area contributed by atoms with Gasteiger partial charge in [0.05, 0.1) is 12.8 Å². The lowest BCUT2D eigenvalue weighted by atomic mass is 10.1. The monoisotopic (exact) mass is 507 g/mol. The van der Waals surface area contributed by atoms with E-state index in [4.69, 9.17) is 4.74 Å². The summed E-state index contributed by atoms with van der Waals surface area (Å²) in [7, 11) is -2.40. The highest BCUT2D eigenvalue weighted by molar-refractivity contribution is 7.90. The number of halogens is 1. The first-order valence-electron chi connectivity index (χ1n) is 10.3. The molecule has 1 amide bonds. The van der Waals surface area contributed by atoms with Gasteiger partial charge in [-0.05, 0) is 37.1 Å². The Morgan fingerprint density at radius 1 is 1.26 bits per heavy atom. The maximum atomic E-state index is 13.3. The van der Waals surface area contributed by atoms with Crippen LogP contribution < -0.4 is 10.1 Å². The van der Waals surface area contributed by atoms with Crippen molar-refractivity contribution in [2.45, 2.75) is 24.0 Å². The van der Waals surface area contributed by atoms with Crippen molar-refractivity contribution in [1.82, 2.24) is 19.9 Å². The third-order valence-electron chi connectivity index (χ3n) is 5.27. The number of hydrogen-bond donors (Lipinski definition) is 2. The van der Waals surface area contributed by atoms with Crippen molar-refractivity contribution in [1.29, 1.82) is 0 Å². The molecule has 180 valence electrons. The minimum absolute atomic E-state index is 0.0174. The minimum atomic E-state index is -3.76. The predicted molar refractivity (Wildman–Crippen MR) is 124 cm³/mol. The van der Waals surface area contributed by atoms with E-state index in [0.29, 0.717) is 41.2 Å². The lowest BCUT2D eigenvalue weighted by Crippen LogP contribution is -2.44. The molecule has 0 bridgehead atoms. The summed E-state index contributed by atoms with van der Waals surface area (Å²) in [4.78, 5) is 25.7. The van der Waals surface area contributed by atoms with E-state index in [-0.39, 0.29) is 30.1 Å². The summed E-state index contributed by atoms with van der Waals surface area (Å²) < 4.78 is 43.1. The van der Waals surface area contributed by atoms with Crippen LogP contribution in [0, 0.1) is 5.82 Å². The van der Waals surface area contributed by atoms with E-state index in [2.05, 4.69) is 20.3 Å². The molecule has 13 heteroatoms. The summed E-state index contributed by atoms with van der Waals surface area (Å²) in [5.41, 5.74) is 1.66. The number of hydrogen-bond acceptors (Lipinski definition) is 9. The van der Waals surface area contributed by atoms with Crippen LogP contribution in [0.3, 0.4) is 0 Å². The number of carboxylic acid groups (broad SMARTS) is 1. The number of benzene rings is 1. The van der Waals surface area contributed by atoms with Crippen LogP contribution in [0.15, 0.2) is 34.8 Å². The van der Waals surface area contributed by atoms with Gasteiger partial charge in [0.2, 0.25) is 15.7 Å². The molecule has 2 N–H and O–H groups in total. The Bertz CT molecular complexity index is 1310. The fourth-order valence-corrected chi connectivity index (χ4v) is 5.01. The largest absolute Gasteiger partial charge is 0.480 e. The van der Waals surface area contributed by atoms with Crippen molar-refractivity contribution < 1.29 is 27.4 Å². The number of likely N-dealkylation sites (tertiary alicyclic amines) is 1. The molecule has 2 aromatic heterocycles. The molecule has 0 aliphatic carbocycles. The summed E-state index contributed by atoms with van der Waals surface area (Å²) in [6.45, 7) is 0.642. The Labute approximate surface area is 199 Å². The van der Waals surface area contributed by atoms with Gasteiger partial charge in [-0.3, -0.25) is 0 Å². The van der Waals surface area contributed by atoms with Crippen LogP contribution in [-0.4, -0.2) is 72.0 Å². The van der Waals surface area contributed by atoms with Gasteiger partial charge in [0.1, 0.15) is 22.2 Å². The molecule has 1 aromatic carbocycles. The Morgan fingerprint density at radius 2 is 2.00 bits per heavy atom. The SMILES string of the molecule is COc1nc(S(C)(=O)=O)nc(N[C@@H]2CCCN(C(=O)O)C2)c1-c1nc(-c2ccc(F)cc2)cs1. The molecule has 1 fully saturated rings. The number of aromatic nitrogens is 3. The predicted octanol–water partition coefficient (Wildman–Crippen LogP) is 3.37. The van der Waals surface area contributed by atoms with E-state index in [9.17, 15) is 22.7 Å². The summed E-state index contributed by atoms with van der Waals surface area (Å²) in [5, 5.41) is 14.4. The maximum Gasteiger partial charge on any atom is 0.407 e. The average Bonchev–Trinajstić information content (AvgIpc) is 3.28. The van der Waals surface area contributed by atoms with Crippen molar-refractivity contribution in [3.8, 4) is 27.7 Å². The van der Waals surface area contributed by atoms with Crippen LogP contribution in [0.4, 0.5) is 15.0 Å². The van der Waals surface area contributed by atoms with Gasteiger partial charge in [-0.2, -0.15) is 4.98 Å². The summed E-state index contributed by atoms with van der Waals surface area (Å²) >= 11 is 1.27. The molecule has 3 aromatic rings. The number of anilines is 1. The van der Waals surface area contributed by atoms with Gasteiger partial charge in [0.25, 0.3) is 5.16 Å². The fourth-order valence-electron chi connectivity index (χ4n) is 3.64. The molecular formula is C21H22FN5O5S2. The van der Waals surface area contributed by atoms with Crippen molar-refractivity contribution in [2.75, 3.05) is 31.8 Å². The Balaban J connectivity index is 1.78. The molecular weight excluding hydrogens is 485 g/mol. The molecule has 1 aliphatic heterocycles. The zero-order chi connectivity index (χ0) is 24.5. The van der Waals surface area contributed by atoms with Crippen molar-refractivity contribution in [3.05, 3.63) is 35.5 Å². The maximum absolute atomic E-state index is 13.3. The number of ether oxygens (including phenoxy) is 1. The molecule has 1 saturated heterocycles. The second kappa shape index (κ2) is 9.50. The van der Waals surface area contributed by atoms with Gasteiger partial charge in [-0.1, -0.05) is 0 Å². The average molecular weight is 508 g/mol. The molecule has 34 heavy (non-hydrogen) atoms. The van der Waals surface area contributed by atoms with Crippen molar-refractivity contribution in [3.63, 3.8) is 0 Å². The normalized spacial score (nSPS) is 16.3. The summed E-state index contributed by atoms with van der Waals surface area (Å²) in [5.74, 6) is -0.159. The van der Waals surface area contributed by atoms with Gasteiger partial charge < -0.3 is 20.1 Å². The van der Waals surface area contributed by atoms with Gasteiger partial charge in [0, 0.05) is 36.3 Å². The van der Waals surface area contributed by atoms with Crippen LogP contribution >= 0.6 is 11.3 Å². The standard InChI is InChI=1S/C21H22FN5O5S2/c1-32-18-16(19-24-15(11-33-19)12-5-7-13(22)8-6-12)17(25-20(26-18)34(2,30)31)23-14-4-3-9-27(10-14)21(28)29/h5-8,11,14H,3-4,9-10H2,1-2H3,(H,28,29)(H,23,25,26)/t14-/m1/s1. The van der Waals surface area contributed by atoms with E-state index in [1.54, 1.807) is 17.5 Å². The number of nitrogens with zero attached hydrogens (tertiary/aromatic N) is 4. The molecule has 0 unspecified atom stereocenters. The topological polar surface area (TPSA) is 135 Å². The number of thiazole rings is 1. The highest BCUT2D eigenvalue weighted by Gasteiger charge is 2.28. The van der Waals surface area contributed by atoms with Crippen LogP contribution in [-0.2, 0) is 9.84 Å². The first-order valence-corrected chi connectivity index (χ1v) is 13.0. The number of amides is 1.